The highest BCUT2D eigenvalue weighted by Gasteiger charge is 1.97. The largest absolute Gasteiger partial charge is 0.333 e. The van der Waals surface area contributed by atoms with Crippen molar-refractivity contribution in [2.45, 2.75) is 45.4 Å². The minimum Gasteiger partial charge on any atom is -0.333 e. The number of unbranched alkanes of at least 4 members (excludes halogenated alkanes) is 4. The predicted molar refractivity (Wildman–Crippen MR) is 77.0 cm³/mol. The van der Waals surface area contributed by atoms with Gasteiger partial charge in [-0.1, -0.05) is 62.9 Å². The zero-order valence-corrected chi connectivity index (χ0v) is 11.2. The summed E-state index contributed by atoms with van der Waals surface area (Å²) in [5.74, 6) is 0.110. The Labute approximate surface area is 110 Å². The lowest BCUT2D eigenvalue weighted by molar-refractivity contribution is -0.120. The Morgan fingerprint density at radius 2 is 1.83 bits per heavy atom. The van der Waals surface area contributed by atoms with Gasteiger partial charge in [-0.2, -0.15) is 0 Å². The Kier molecular flexibility index (Phi) is 7.61. The molecule has 0 spiro atoms. The van der Waals surface area contributed by atoms with Gasteiger partial charge < -0.3 is 5.32 Å². The number of carbonyl (C=O) groups is 1. The zero-order valence-electron chi connectivity index (χ0n) is 11.2. The summed E-state index contributed by atoms with van der Waals surface area (Å²) >= 11 is 0. The number of hydrogen-bond acceptors (Lipinski definition) is 1. The van der Waals surface area contributed by atoms with Crippen molar-refractivity contribution in [2.75, 3.05) is 0 Å². The van der Waals surface area contributed by atoms with Gasteiger partial charge in [0.25, 0.3) is 0 Å². The van der Waals surface area contributed by atoms with E-state index in [4.69, 9.17) is 0 Å². The summed E-state index contributed by atoms with van der Waals surface area (Å²) in [5.41, 5.74) is 1.10. The lowest BCUT2D eigenvalue weighted by Gasteiger charge is -2.00. The molecular formula is C16H23NO. The van der Waals surface area contributed by atoms with E-state index in [1.807, 2.05) is 36.4 Å². The fourth-order valence-corrected chi connectivity index (χ4v) is 1.76. The first-order valence-electron chi connectivity index (χ1n) is 6.84. The molecule has 0 aliphatic rings. The number of amides is 1. The lowest BCUT2D eigenvalue weighted by Crippen LogP contribution is -2.16. The Bertz CT molecular complexity index is 357. The van der Waals surface area contributed by atoms with Crippen LogP contribution in [0.2, 0.25) is 0 Å². The van der Waals surface area contributed by atoms with Crippen LogP contribution >= 0.6 is 0 Å². The molecule has 1 aromatic rings. The molecule has 0 atom stereocenters. The molecule has 1 aromatic carbocycles. The van der Waals surface area contributed by atoms with Crippen molar-refractivity contribution in [2.24, 2.45) is 0 Å². The van der Waals surface area contributed by atoms with E-state index in [0.717, 1.165) is 18.4 Å². The van der Waals surface area contributed by atoms with Crippen molar-refractivity contribution in [1.29, 1.82) is 0 Å². The SMILES string of the molecule is CCCCCCCC(=O)N/C=C/c1ccccc1. The van der Waals surface area contributed by atoms with Gasteiger partial charge in [0.05, 0.1) is 0 Å². The molecule has 0 radical (unpaired) electrons. The minimum atomic E-state index is 0.110. The quantitative estimate of drug-likeness (QED) is 0.685. The molecule has 0 heterocycles. The van der Waals surface area contributed by atoms with Gasteiger partial charge in [0.1, 0.15) is 0 Å². The van der Waals surface area contributed by atoms with E-state index in [0.29, 0.717) is 6.42 Å². The first kappa shape index (κ1) is 14.5. The molecule has 0 bridgehead atoms. The number of nitrogens with one attached hydrogen (secondary N) is 1. The topological polar surface area (TPSA) is 29.1 Å². The maximum Gasteiger partial charge on any atom is 0.223 e. The monoisotopic (exact) mass is 245 g/mol. The van der Waals surface area contributed by atoms with Gasteiger partial charge in [-0.3, -0.25) is 4.79 Å². The molecule has 18 heavy (non-hydrogen) atoms. The van der Waals surface area contributed by atoms with E-state index in [1.54, 1.807) is 6.20 Å². The molecular weight excluding hydrogens is 222 g/mol. The van der Waals surface area contributed by atoms with Crippen LogP contribution in [0.5, 0.6) is 0 Å². The van der Waals surface area contributed by atoms with Gasteiger partial charge in [0.15, 0.2) is 0 Å². The molecule has 1 rings (SSSR count). The smallest absolute Gasteiger partial charge is 0.223 e. The van der Waals surface area contributed by atoms with E-state index in [2.05, 4.69) is 12.2 Å². The van der Waals surface area contributed by atoms with Gasteiger partial charge >= 0.3 is 0 Å². The van der Waals surface area contributed by atoms with Gasteiger partial charge in [-0.15, -0.1) is 0 Å². The van der Waals surface area contributed by atoms with E-state index < -0.39 is 0 Å². The molecule has 1 N–H and O–H groups in total. The van der Waals surface area contributed by atoms with Crippen LogP contribution in [-0.2, 0) is 4.79 Å². The average Bonchev–Trinajstić information content (AvgIpc) is 2.40. The highest BCUT2D eigenvalue weighted by atomic mass is 16.1. The second-order valence-corrected chi connectivity index (χ2v) is 4.48. The average molecular weight is 245 g/mol. The summed E-state index contributed by atoms with van der Waals surface area (Å²) in [6, 6.07) is 9.96. The van der Waals surface area contributed by atoms with Crippen molar-refractivity contribution in [3.8, 4) is 0 Å². The van der Waals surface area contributed by atoms with Crippen molar-refractivity contribution < 1.29 is 4.79 Å². The minimum absolute atomic E-state index is 0.110. The molecule has 0 fully saturated rings. The van der Waals surface area contributed by atoms with Crippen LogP contribution in [0.25, 0.3) is 6.08 Å². The van der Waals surface area contributed by atoms with Crippen LogP contribution < -0.4 is 5.32 Å². The Hall–Kier alpha value is -1.57. The maximum absolute atomic E-state index is 11.5. The summed E-state index contributed by atoms with van der Waals surface area (Å²) < 4.78 is 0. The summed E-state index contributed by atoms with van der Waals surface area (Å²) in [5, 5.41) is 2.80. The summed E-state index contributed by atoms with van der Waals surface area (Å²) in [7, 11) is 0. The van der Waals surface area contributed by atoms with Crippen LogP contribution in [0.15, 0.2) is 36.5 Å². The summed E-state index contributed by atoms with van der Waals surface area (Å²) in [6.07, 6.45) is 10.2. The molecule has 2 nitrogen and oxygen atoms in total. The highest BCUT2D eigenvalue weighted by molar-refractivity contribution is 5.77. The summed E-state index contributed by atoms with van der Waals surface area (Å²) in [4.78, 5) is 11.5. The van der Waals surface area contributed by atoms with Crippen molar-refractivity contribution >= 4 is 12.0 Å². The fourth-order valence-electron chi connectivity index (χ4n) is 1.76. The van der Waals surface area contributed by atoms with Crippen molar-refractivity contribution in [3.63, 3.8) is 0 Å². The molecule has 2 heteroatoms. The van der Waals surface area contributed by atoms with Crippen LogP contribution in [-0.4, -0.2) is 5.91 Å². The van der Waals surface area contributed by atoms with Crippen LogP contribution in [0.4, 0.5) is 0 Å². The molecule has 1 amide bonds. The maximum atomic E-state index is 11.5. The predicted octanol–water partition coefficient (Wildman–Crippen LogP) is 4.13. The number of hydrogen-bond donors (Lipinski definition) is 1. The molecule has 0 saturated carbocycles. The van der Waals surface area contributed by atoms with Crippen LogP contribution in [0, 0.1) is 0 Å². The van der Waals surface area contributed by atoms with Gasteiger partial charge in [0, 0.05) is 12.6 Å². The van der Waals surface area contributed by atoms with Gasteiger partial charge in [-0.05, 0) is 18.1 Å². The number of carbonyl (C=O) groups excluding carboxylic acids is 1. The first-order valence-corrected chi connectivity index (χ1v) is 6.84. The molecule has 0 saturated heterocycles. The van der Waals surface area contributed by atoms with Gasteiger partial charge in [0.2, 0.25) is 5.91 Å². The molecule has 0 unspecified atom stereocenters. The Balaban J connectivity index is 2.11. The van der Waals surface area contributed by atoms with Crippen LogP contribution in [0.3, 0.4) is 0 Å². The molecule has 0 aromatic heterocycles. The Morgan fingerprint density at radius 3 is 2.56 bits per heavy atom. The second kappa shape index (κ2) is 9.46. The summed E-state index contributed by atoms with van der Waals surface area (Å²) in [6.45, 7) is 2.20. The first-order chi connectivity index (χ1) is 8.83. The van der Waals surface area contributed by atoms with E-state index in [9.17, 15) is 4.79 Å². The molecule has 0 aliphatic heterocycles. The third-order valence-electron chi connectivity index (χ3n) is 2.83. The highest BCUT2D eigenvalue weighted by Crippen LogP contribution is 2.05. The Morgan fingerprint density at radius 1 is 1.11 bits per heavy atom. The van der Waals surface area contributed by atoms with E-state index >= 15 is 0 Å². The van der Waals surface area contributed by atoms with Crippen molar-refractivity contribution in [1.82, 2.24) is 5.32 Å². The number of benzene rings is 1. The molecule has 98 valence electrons. The fraction of sp³-hybridized carbons (Fsp3) is 0.438. The van der Waals surface area contributed by atoms with Gasteiger partial charge in [-0.25, -0.2) is 0 Å². The zero-order chi connectivity index (χ0) is 13.1. The lowest BCUT2D eigenvalue weighted by atomic mass is 10.1. The third kappa shape index (κ3) is 6.89. The van der Waals surface area contributed by atoms with Crippen LogP contribution in [0.1, 0.15) is 51.0 Å². The standard InChI is InChI=1S/C16H23NO/c1-2-3-4-5-9-12-16(18)17-14-13-15-10-7-6-8-11-15/h6-8,10-11,13-14H,2-5,9,12H2,1H3,(H,17,18)/b14-13+. The number of rotatable bonds is 8. The van der Waals surface area contributed by atoms with E-state index in [1.165, 1.54) is 19.3 Å². The second-order valence-electron chi connectivity index (χ2n) is 4.48. The molecule has 0 aliphatic carbocycles. The normalized spacial score (nSPS) is 10.7. The van der Waals surface area contributed by atoms with Crippen molar-refractivity contribution in [3.05, 3.63) is 42.1 Å². The van der Waals surface area contributed by atoms with E-state index in [-0.39, 0.29) is 5.91 Å². The third-order valence-corrected chi connectivity index (χ3v) is 2.83.